The molecule has 17 heavy (non-hydrogen) atoms. The predicted molar refractivity (Wildman–Crippen MR) is 71.3 cm³/mol. The molecule has 1 saturated carbocycles. The molecule has 2 nitrogen and oxygen atoms in total. The van der Waals surface area contributed by atoms with Gasteiger partial charge in [-0.2, -0.15) is 0 Å². The van der Waals surface area contributed by atoms with Crippen molar-refractivity contribution in [1.82, 2.24) is 0 Å². The summed E-state index contributed by atoms with van der Waals surface area (Å²) in [6.07, 6.45) is 1.23. The fourth-order valence-electron chi connectivity index (χ4n) is 2.85. The van der Waals surface area contributed by atoms with Crippen molar-refractivity contribution in [2.45, 2.75) is 40.2 Å². The summed E-state index contributed by atoms with van der Waals surface area (Å²) in [6.45, 7) is 8.75. The van der Waals surface area contributed by atoms with Gasteiger partial charge in [0.2, 0.25) is 0 Å². The molecule has 2 unspecified atom stereocenters. The van der Waals surface area contributed by atoms with Gasteiger partial charge in [-0.1, -0.05) is 26.0 Å². The molecule has 1 aliphatic rings. The Bertz CT molecular complexity index is 414. The van der Waals surface area contributed by atoms with Crippen LogP contribution < -0.4 is 10.5 Å². The summed E-state index contributed by atoms with van der Waals surface area (Å²) in [5.41, 5.74) is 10.4. The molecule has 2 atom stereocenters. The van der Waals surface area contributed by atoms with E-state index in [0.29, 0.717) is 11.3 Å². The van der Waals surface area contributed by atoms with Gasteiger partial charge >= 0.3 is 0 Å². The Labute approximate surface area is 104 Å². The van der Waals surface area contributed by atoms with Crippen LogP contribution in [0.25, 0.3) is 0 Å². The summed E-state index contributed by atoms with van der Waals surface area (Å²) in [4.78, 5) is 0. The van der Waals surface area contributed by atoms with Gasteiger partial charge in [0.15, 0.2) is 0 Å². The normalized spacial score (nSPS) is 23.3. The number of rotatable bonds is 3. The summed E-state index contributed by atoms with van der Waals surface area (Å²) in [5, 5.41) is 0. The average Bonchev–Trinajstić information content (AvgIpc) is 2.86. The molecule has 0 amide bonds. The van der Waals surface area contributed by atoms with E-state index in [2.05, 4.69) is 39.8 Å². The van der Waals surface area contributed by atoms with Gasteiger partial charge in [0.1, 0.15) is 5.75 Å². The van der Waals surface area contributed by atoms with Crippen LogP contribution in [0.4, 0.5) is 0 Å². The summed E-state index contributed by atoms with van der Waals surface area (Å²) in [6, 6.07) is 4.50. The van der Waals surface area contributed by atoms with Gasteiger partial charge in [-0.05, 0) is 48.3 Å². The maximum Gasteiger partial charge on any atom is 0.124 e. The third-order valence-corrected chi connectivity index (χ3v) is 4.09. The van der Waals surface area contributed by atoms with Gasteiger partial charge in [-0.25, -0.2) is 0 Å². The number of benzene rings is 1. The summed E-state index contributed by atoms with van der Waals surface area (Å²) in [5.74, 6) is 1.60. The average molecular weight is 233 g/mol. The highest BCUT2D eigenvalue weighted by Gasteiger charge is 2.49. The Morgan fingerprint density at radius 1 is 1.29 bits per heavy atom. The molecule has 2 heteroatoms. The van der Waals surface area contributed by atoms with Gasteiger partial charge in [0, 0.05) is 6.04 Å². The standard InChI is InChI=1S/C15H23NO/c1-9-6-11(7-10(2)14(9)17-5)13(16)12-8-15(12,3)4/h6-7,12-13H,8,16H2,1-5H3. The van der Waals surface area contributed by atoms with Crippen LogP contribution in [0.3, 0.4) is 0 Å². The van der Waals surface area contributed by atoms with Crippen molar-refractivity contribution >= 4 is 0 Å². The van der Waals surface area contributed by atoms with Crippen molar-refractivity contribution < 1.29 is 4.74 Å². The van der Waals surface area contributed by atoms with Gasteiger partial charge in [0.05, 0.1) is 7.11 Å². The molecule has 0 aliphatic heterocycles. The Hall–Kier alpha value is -1.02. The molecular weight excluding hydrogens is 210 g/mol. The van der Waals surface area contributed by atoms with Crippen molar-refractivity contribution in [3.8, 4) is 5.75 Å². The number of ether oxygens (including phenoxy) is 1. The molecule has 0 heterocycles. The van der Waals surface area contributed by atoms with Crippen LogP contribution in [0.1, 0.15) is 43.0 Å². The predicted octanol–water partition coefficient (Wildman–Crippen LogP) is 3.36. The number of aryl methyl sites for hydroxylation is 2. The molecule has 0 spiro atoms. The Kier molecular flexibility index (Phi) is 2.94. The highest BCUT2D eigenvalue weighted by Crippen LogP contribution is 2.57. The van der Waals surface area contributed by atoms with E-state index >= 15 is 0 Å². The van der Waals surface area contributed by atoms with E-state index in [4.69, 9.17) is 10.5 Å². The van der Waals surface area contributed by atoms with E-state index in [1.54, 1.807) is 7.11 Å². The minimum absolute atomic E-state index is 0.160. The molecule has 1 aromatic carbocycles. The lowest BCUT2D eigenvalue weighted by Crippen LogP contribution is -2.16. The van der Waals surface area contributed by atoms with E-state index in [9.17, 15) is 0 Å². The van der Waals surface area contributed by atoms with Crippen molar-refractivity contribution in [3.63, 3.8) is 0 Å². The quantitative estimate of drug-likeness (QED) is 0.869. The second kappa shape index (κ2) is 4.02. The number of methoxy groups -OCH3 is 1. The zero-order chi connectivity index (χ0) is 12.8. The summed E-state index contributed by atoms with van der Waals surface area (Å²) >= 11 is 0. The fraction of sp³-hybridized carbons (Fsp3) is 0.600. The van der Waals surface area contributed by atoms with Gasteiger partial charge < -0.3 is 10.5 Å². The Morgan fingerprint density at radius 3 is 2.12 bits per heavy atom. The molecule has 0 aromatic heterocycles. The first-order valence-electron chi connectivity index (χ1n) is 6.27. The SMILES string of the molecule is COc1c(C)cc(C(N)C2CC2(C)C)cc1C. The zero-order valence-corrected chi connectivity index (χ0v) is 11.5. The van der Waals surface area contributed by atoms with Crippen molar-refractivity contribution in [3.05, 3.63) is 28.8 Å². The number of hydrogen-bond acceptors (Lipinski definition) is 2. The van der Waals surface area contributed by atoms with Crippen LogP contribution in [-0.2, 0) is 0 Å². The van der Waals surface area contributed by atoms with Crippen LogP contribution in [0.15, 0.2) is 12.1 Å². The minimum atomic E-state index is 0.160. The Balaban J connectivity index is 2.28. The summed E-state index contributed by atoms with van der Waals surface area (Å²) < 4.78 is 5.39. The molecule has 0 saturated heterocycles. The maximum atomic E-state index is 6.36. The lowest BCUT2D eigenvalue weighted by atomic mass is 9.94. The zero-order valence-electron chi connectivity index (χ0n) is 11.5. The largest absolute Gasteiger partial charge is 0.496 e. The van der Waals surface area contributed by atoms with E-state index in [-0.39, 0.29) is 6.04 Å². The molecule has 0 bridgehead atoms. The van der Waals surface area contributed by atoms with Gasteiger partial charge in [-0.15, -0.1) is 0 Å². The highest BCUT2D eigenvalue weighted by atomic mass is 16.5. The molecule has 2 N–H and O–H groups in total. The second-order valence-electron chi connectivity index (χ2n) is 6.01. The van der Waals surface area contributed by atoms with E-state index in [1.165, 1.54) is 23.1 Å². The molecule has 1 fully saturated rings. The lowest BCUT2D eigenvalue weighted by molar-refractivity contribution is 0.407. The first kappa shape index (κ1) is 12.4. The molecular formula is C15H23NO. The van der Waals surface area contributed by atoms with Crippen LogP contribution in [0.2, 0.25) is 0 Å². The van der Waals surface area contributed by atoms with Gasteiger partial charge in [0.25, 0.3) is 0 Å². The smallest absolute Gasteiger partial charge is 0.124 e. The van der Waals surface area contributed by atoms with Gasteiger partial charge in [-0.3, -0.25) is 0 Å². The highest BCUT2D eigenvalue weighted by molar-refractivity contribution is 5.44. The lowest BCUT2D eigenvalue weighted by Gasteiger charge is -2.17. The Morgan fingerprint density at radius 2 is 1.76 bits per heavy atom. The topological polar surface area (TPSA) is 35.2 Å². The second-order valence-corrected chi connectivity index (χ2v) is 6.01. The monoisotopic (exact) mass is 233 g/mol. The van der Waals surface area contributed by atoms with Crippen LogP contribution in [-0.4, -0.2) is 7.11 Å². The third kappa shape index (κ3) is 2.19. The van der Waals surface area contributed by atoms with Crippen molar-refractivity contribution in [2.24, 2.45) is 17.1 Å². The first-order chi connectivity index (χ1) is 7.86. The number of nitrogens with two attached hydrogens (primary N) is 1. The fourth-order valence-corrected chi connectivity index (χ4v) is 2.85. The molecule has 1 aliphatic carbocycles. The summed E-state index contributed by atoms with van der Waals surface area (Å²) in [7, 11) is 1.72. The molecule has 0 radical (unpaired) electrons. The van der Waals surface area contributed by atoms with Crippen molar-refractivity contribution in [2.75, 3.05) is 7.11 Å². The maximum absolute atomic E-state index is 6.36. The molecule has 1 aromatic rings. The third-order valence-electron chi connectivity index (χ3n) is 4.09. The molecule has 2 rings (SSSR count). The van der Waals surface area contributed by atoms with Crippen molar-refractivity contribution in [1.29, 1.82) is 0 Å². The first-order valence-corrected chi connectivity index (χ1v) is 6.27. The number of hydrogen-bond donors (Lipinski definition) is 1. The minimum Gasteiger partial charge on any atom is -0.496 e. The van der Waals surface area contributed by atoms with E-state index < -0.39 is 0 Å². The van der Waals surface area contributed by atoms with E-state index in [0.717, 1.165) is 5.75 Å². The van der Waals surface area contributed by atoms with Crippen LogP contribution >= 0.6 is 0 Å². The molecule has 94 valence electrons. The van der Waals surface area contributed by atoms with E-state index in [1.807, 2.05) is 0 Å². The van der Waals surface area contributed by atoms with Crippen LogP contribution in [0, 0.1) is 25.2 Å². The van der Waals surface area contributed by atoms with Crippen LogP contribution in [0.5, 0.6) is 5.75 Å².